The van der Waals surface area contributed by atoms with Crippen LogP contribution in [-0.2, 0) is 26.2 Å². The van der Waals surface area contributed by atoms with Crippen LogP contribution >= 0.6 is 0 Å². The van der Waals surface area contributed by atoms with E-state index in [1.807, 2.05) is 56.3 Å². The molecule has 2 amide bonds. The second-order valence-electron chi connectivity index (χ2n) is 8.00. The number of rotatable bonds is 10. The first kappa shape index (κ1) is 25.4. The molecule has 174 valence electrons. The maximum absolute atomic E-state index is 13.1. The lowest BCUT2D eigenvalue weighted by atomic mass is 10.1. The van der Waals surface area contributed by atoms with Crippen molar-refractivity contribution >= 4 is 27.5 Å². The molecule has 1 N–H and O–H groups in total. The Kier molecular flexibility index (Phi) is 8.83. The number of hydrogen-bond donors (Lipinski definition) is 1. The zero-order chi connectivity index (χ0) is 23.9. The third-order valence-corrected chi connectivity index (χ3v) is 6.73. The molecule has 0 radical (unpaired) electrons. The number of anilines is 1. The molecular formula is C24H33N3O4S. The van der Waals surface area contributed by atoms with E-state index in [0.29, 0.717) is 18.7 Å². The Balaban J connectivity index is 2.14. The van der Waals surface area contributed by atoms with Gasteiger partial charge in [-0.05, 0) is 56.0 Å². The van der Waals surface area contributed by atoms with Crippen molar-refractivity contribution in [1.82, 2.24) is 10.2 Å². The van der Waals surface area contributed by atoms with Crippen LogP contribution in [0.1, 0.15) is 36.5 Å². The molecule has 0 saturated heterocycles. The lowest BCUT2D eigenvalue weighted by Crippen LogP contribution is -2.46. The molecule has 2 aromatic carbocycles. The van der Waals surface area contributed by atoms with E-state index in [4.69, 9.17) is 0 Å². The lowest BCUT2D eigenvalue weighted by Gasteiger charge is -2.29. The molecule has 0 fully saturated rings. The van der Waals surface area contributed by atoms with Gasteiger partial charge >= 0.3 is 0 Å². The predicted octanol–water partition coefficient (Wildman–Crippen LogP) is 3.01. The zero-order valence-corrected chi connectivity index (χ0v) is 20.3. The molecular weight excluding hydrogens is 426 g/mol. The summed E-state index contributed by atoms with van der Waals surface area (Å²) in [4.78, 5) is 26.8. The highest BCUT2D eigenvalue weighted by molar-refractivity contribution is 7.92. The molecule has 0 aliphatic rings. The standard InChI is InChI=1S/C24H33N3O4S/c1-18-13-14-22(16-19(18)2)27(32(5,30)31)15-9-12-23(28)26(20(3)24(29)25-4)17-21-10-7-6-8-11-21/h6-8,10-11,13-14,16,20H,9,12,15,17H2,1-5H3,(H,25,29). The smallest absolute Gasteiger partial charge is 0.242 e. The number of hydrogen-bond acceptors (Lipinski definition) is 4. The molecule has 0 saturated carbocycles. The van der Waals surface area contributed by atoms with Crippen molar-refractivity contribution in [3.05, 3.63) is 65.2 Å². The van der Waals surface area contributed by atoms with Crippen LogP contribution in [0.5, 0.6) is 0 Å². The fourth-order valence-electron chi connectivity index (χ4n) is 3.46. The van der Waals surface area contributed by atoms with Gasteiger partial charge in [0.2, 0.25) is 21.8 Å². The predicted molar refractivity (Wildman–Crippen MR) is 128 cm³/mol. The summed E-state index contributed by atoms with van der Waals surface area (Å²) in [6, 6.07) is 14.3. The summed E-state index contributed by atoms with van der Waals surface area (Å²) in [6.07, 6.45) is 1.63. The van der Waals surface area contributed by atoms with Crippen molar-refractivity contribution in [3.8, 4) is 0 Å². The summed E-state index contributed by atoms with van der Waals surface area (Å²) < 4.78 is 26.1. The van der Waals surface area contributed by atoms with Crippen molar-refractivity contribution in [2.24, 2.45) is 0 Å². The summed E-state index contributed by atoms with van der Waals surface area (Å²) in [5.41, 5.74) is 3.59. The molecule has 0 heterocycles. The highest BCUT2D eigenvalue weighted by atomic mass is 32.2. The first-order valence-electron chi connectivity index (χ1n) is 10.6. The van der Waals surface area contributed by atoms with Crippen LogP contribution in [0.3, 0.4) is 0 Å². The quantitative estimate of drug-likeness (QED) is 0.592. The molecule has 0 aliphatic heterocycles. The minimum Gasteiger partial charge on any atom is -0.357 e. The van der Waals surface area contributed by atoms with Crippen LogP contribution in [-0.4, -0.2) is 51.0 Å². The van der Waals surface area contributed by atoms with E-state index in [0.717, 1.165) is 16.7 Å². The summed E-state index contributed by atoms with van der Waals surface area (Å²) in [6.45, 7) is 6.08. The molecule has 0 aliphatic carbocycles. The van der Waals surface area contributed by atoms with Gasteiger partial charge in [0.1, 0.15) is 6.04 Å². The van der Waals surface area contributed by atoms with Crippen LogP contribution in [0.4, 0.5) is 5.69 Å². The van der Waals surface area contributed by atoms with E-state index >= 15 is 0 Å². The minimum absolute atomic E-state index is 0.130. The van der Waals surface area contributed by atoms with Crippen LogP contribution < -0.4 is 9.62 Å². The van der Waals surface area contributed by atoms with Gasteiger partial charge in [-0.15, -0.1) is 0 Å². The molecule has 2 aromatic rings. The molecule has 0 spiro atoms. The third kappa shape index (κ3) is 6.82. The number of nitrogens with one attached hydrogen (secondary N) is 1. The van der Waals surface area contributed by atoms with E-state index in [-0.39, 0.29) is 24.8 Å². The Morgan fingerprint density at radius 1 is 1.03 bits per heavy atom. The van der Waals surface area contributed by atoms with Crippen LogP contribution in [0, 0.1) is 13.8 Å². The Bertz CT molecular complexity index is 1040. The van der Waals surface area contributed by atoms with Gasteiger partial charge < -0.3 is 10.2 Å². The minimum atomic E-state index is -3.50. The first-order chi connectivity index (χ1) is 15.0. The van der Waals surface area contributed by atoms with Crippen LogP contribution in [0.25, 0.3) is 0 Å². The van der Waals surface area contributed by atoms with E-state index in [2.05, 4.69) is 5.32 Å². The summed E-state index contributed by atoms with van der Waals surface area (Å²) in [5.74, 6) is -0.444. The summed E-state index contributed by atoms with van der Waals surface area (Å²) in [7, 11) is -1.96. The number of carbonyl (C=O) groups is 2. The second-order valence-corrected chi connectivity index (χ2v) is 9.91. The van der Waals surface area contributed by atoms with Gasteiger partial charge in [0.15, 0.2) is 0 Å². The van der Waals surface area contributed by atoms with Gasteiger partial charge in [-0.2, -0.15) is 0 Å². The summed E-state index contributed by atoms with van der Waals surface area (Å²) in [5, 5.41) is 2.59. The van der Waals surface area contributed by atoms with E-state index < -0.39 is 16.1 Å². The maximum Gasteiger partial charge on any atom is 0.242 e. The number of nitrogens with zero attached hydrogens (tertiary/aromatic N) is 2. The van der Waals surface area contributed by atoms with Crippen molar-refractivity contribution < 1.29 is 18.0 Å². The van der Waals surface area contributed by atoms with Crippen molar-refractivity contribution in [1.29, 1.82) is 0 Å². The highest BCUT2D eigenvalue weighted by Crippen LogP contribution is 2.22. The molecule has 1 atom stereocenters. The van der Waals surface area contributed by atoms with Crippen LogP contribution in [0.15, 0.2) is 48.5 Å². The molecule has 2 rings (SSSR count). The topological polar surface area (TPSA) is 86.8 Å². The van der Waals surface area contributed by atoms with Gasteiger partial charge in [0, 0.05) is 26.6 Å². The van der Waals surface area contributed by atoms with E-state index in [1.165, 1.54) is 22.5 Å². The molecule has 32 heavy (non-hydrogen) atoms. The Labute approximate surface area is 191 Å². The third-order valence-electron chi connectivity index (χ3n) is 5.54. The van der Waals surface area contributed by atoms with Gasteiger partial charge in [-0.1, -0.05) is 36.4 Å². The molecule has 0 aromatic heterocycles. The van der Waals surface area contributed by atoms with Gasteiger partial charge in [-0.3, -0.25) is 13.9 Å². The fourth-order valence-corrected chi connectivity index (χ4v) is 4.41. The number of sulfonamides is 1. The Morgan fingerprint density at radius 2 is 1.69 bits per heavy atom. The van der Waals surface area contributed by atoms with Gasteiger partial charge in [0.25, 0.3) is 0 Å². The largest absolute Gasteiger partial charge is 0.357 e. The average Bonchev–Trinajstić information content (AvgIpc) is 2.75. The van der Waals surface area contributed by atoms with Crippen molar-refractivity contribution in [2.45, 2.75) is 46.2 Å². The number of benzene rings is 2. The van der Waals surface area contributed by atoms with Crippen molar-refractivity contribution in [3.63, 3.8) is 0 Å². The number of amides is 2. The Morgan fingerprint density at radius 3 is 2.25 bits per heavy atom. The second kappa shape index (κ2) is 11.1. The molecule has 7 nitrogen and oxygen atoms in total. The summed E-state index contributed by atoms with van der Waals surface area (Å²) >= 11 is 0. The number of likely N-dealkylation sites (N-methyl/N-ethyl adjacent to an activating group) is 1. The van der Waals surface area contributed by atoms with Gasteiger partial charge in [-0.25, -0.2) is 8.42 Å². The van der Waals surface area contributed by atoms with Crippen molar-refractivity contribution in [2.75, 3.05) is 24.2 Å². The first-order valence-corrected chi connectivity index (χ1v) is 12.5. The van der Waals surface area contributed by atoms with Crippen LogP contribution in [0.2, 0.25) is 0 Å². The fraction of sp³-hybridized carbons (Fsp3) is 0.417. The average molecular weight is 460 g/mol. The maximum atomic E-state index is 13.1. The molecule has 0 bridgehead atoms. The Hall–Kier alpha value is -2.87. The van der Waals surface area contributed by atoms with E-state index in [1.54, 1.807) is 13.0 Å². The SMILES string of the molecule is CNC(=O)C(C)N(Cc1ccccc1)C(=O)CCCN(c1ccc(C)c(C)c1)S(C)(=O)=O. The van der Waals surface area contributed by atoms with Gasteiger partial charge in [0.05, 0.1) is 11.9 Å². The molecule has 1 unspecified atom stereocenters. The van der Waals surface area contributed by atoms with E-state index in [9.17, 15) is 18.0 Å². The highest BCUT2D eigenvalue weighted by Gasteiger charge is 2.26. The monoisotopic (exact) mass is 459 g/mol. The normalized spacial score (nSPS) is 12.2. The zero-order valence-electron chi connectivity index (χ0n) is 19.5. The number of carbonyl (C=O) groups excluding carboxylic acids is 2. The number of aryl methyl sites for hydroxylation is 2. The molecule has 8 heteroatoms. The lowest BCUT2D eigenvalue weighted by molar-refractivity contribution is -0.140.